The molecule has 76 valence electrons. The molecule has 2 rings (SSSR count). The van der Waals surface area contributed by atoms with E-state index >= 15 is 0 Å². The molecule has 1 heterocycles. The Bertz CT molecular complexity index is 554. The number of hydrogen-bond donors (Lipinski definition) is 2. The molecule has 2 aromatic rings. The number of hydrogen-bond acceptors (Lipinski definition) is 2. The number of carboxylic acids is 1. The lowest BCUT2D eigenvalue weighted by Crippen LogP contribution is -2.00. The van der Waals surface area contributed by atoms with Gasteiger partial charge in [0.25, 0.3) is 0 Å². The first-order chi connectivity index (χ1) is 7.15. The van der Waals surface area contributed by atoms with Crippen molar-refractivity contribution in [2.24, 2.45) is 0 Å². The first-order valence-corrected chi connectivity index (χ1v) is 4.44. The van der Waals surface area contributed by atoms with E-state index in [0.29, 0.717) is 28.3 Å². The fourth-order valence-corrected chi connectivity index (χ4v) is 1.70. The Morgan fingerprint density at radius 2 is 2.20 bits per heavy atom. The van der Waals surface area contributed by atoms with Crippen LogP contribution >= 0.6 is 0 Å². The molecule has 1 aromatic heterocycles. The van der Waals surface area contributed by atoms with Crippen LogP contribution in [0.25, 0.3) is 10.9 Å². The molecule has 0 saturated heterocycles. The molecule has 0 aliphatic rings. The predicted molar refractivity (Wildman–Crippen MR) is 55.4 cm³/mol. The van der Waals surface area contributed by atoms with Crippen molar-refractivity contribution >= 4 is 23.2 Å². The second-order valence-corrected chi connectivity index (χ2v) is 3.35. The monoisotopic (exact) mass is 203 g/mol. The van der Waals surface area contributed by atoms with Crippen LogP contribution in [0.5, 0.6) is 0 Å². The highest BCUT2D eigenvalue weighted by molar-refractivity contribution is 6.08. The number of aldehydes is 1. The number of benzene rings is 1. The molecule has 0 unspecified atom stereocenters. The molecular formula is C11H9NO3. The summed E-state index contributed by atoms with van der Waals surface area (Å²) in [4.78, 5) is 24.5. The van der Waals surface area contributed by atoms with Crippen molar-refractivity contribution in [3.05, 3.63) is 35.0 Å². The summed E-state index contributed by atoms with van der Waals surface area (Å²) in [5, 5.41) is 9.68. The SMILES string of the molecule is Cc1ccc2c(C=O)c[nH]c2c1C(=O)O. The standard InChI is InChI=1S/C11H9NO3/c1-6-2-3-8-7(5-13)4-12-10(8)9(6)11(14)15/h2-5,12H,1H3,(H,14,15). The highest BCUT2D eigenvalue weighted by Gasteiger charge is 2.14. The number of aryl methyl sites for hydroxylation is 1. The Hall–Kier alpha value is -2.10. The molecule has 4 nitrogen and oxygen atoms in total. The average Bonchev–Trinajstić information content (AvgIpc) is 2.59. The second kappa shape index (κ2) is 3.24. The maximum absolute atomic E-state index is 11.0. The van der Waals surface area contributed by atoms with Crippen LogP contribution in [-0.4, -0.2) is 22.3 Å². The van der Waals surface area contributed by atoms with Crippen molar-refractivity contribution in [1.82, 2.24) is 4.98 Å². The average molecular weight is 203 g/mol. The van der Waals surface area contributed by atoms with Gasteiger partial charge in [0.15, 0.2) is 6.29 Å². The minimum atomic E-state index is -0.989. The number of aromatic carboxylic acids is 1. The normalized spacial score (nSPS) is 10.5. The van der Waals surface area contributed by atoms with Crippen molar-refractivity contribution in [2.75, 3.05) is 0 Å². The van der Waals surface area contributed by atoms with Crippen LogP contribution in [-0.2, 0) is 0 Å². The molecule has 0 aliphatic heterocycles. The van der Waals surface area contributed by atoms with E-state index in [1.165, 1.54) is 6.20 Å². The van der Waals surface area contributed by atoms with Crippen molar-refractivity contribution in [3.8, 4) is 0 Å². The molecule has 0 amide bonds. The molecule has 0 spiro atoms. The molecule has 0 radical (unpaired) electrons. The van der Waals surface area contributed by atoms with Gasteiger partial charge in [-0.1, -0.05) is 12.1 Å². The Labute approximate surface area is 85.5 Å². The van der Waals surface area contributed by atoms with Gasteiger partial charge < -0.3 is 10.1 Å². The molecule has 1 aromatic carbocycles. The fraction of sp³-hybridized carbons (Fsp3) is 0.0909. The molecule has 4 heteroatoms. The Kier molecular flexibility index (Phi) is 2.04. The van der Waals surface area contributed by atoms with Crippen LogP contribution in [0.2, 0.25) is 0 Å². The molecule has 0 atom stereocenters. The van der Waals surface area contributed by atoms with Gasteiger partial charge in [0, 0.05) is 17.1 Å². The van der Waals surface area contributed by atoms with Crippen LogP contribution < -0.4 is 0 Å². The summed E-state index contributed by atoms with van der Waals surface area (Å²) < 4.78 is 0. The van der Waals surface area contributed by atoms with Crippen LogP contribution in [0.1, 0.15) is 26.3 Å². The predicted octanol–water partition coefficient (Wildman–Crippen LogP) is 1.99. The lowest BCUT2D eigenvalue weighted by atomic mass is 10.0. The van der Waals surface area contributed by atoms with E-state index in [9.17, 15) is 9.59 Å². The summed E-state index contributed by atoms with van der Waals surface area (Å²) in [6, 6.07) is 3.45. The maximum atomic E-state index is 11.0. The van der Waals surface area contributed by atoms with Gasteiger partial charge in [-0.15, -0.1) is 0 Å². The van der Waals surface area contributed by atoms with E-state index in [1.54, 1.807) is 19.1 Å². The zero-order chi connectivity index (χ0) is 11.0. The summed E-state index contributed by atoms with van der Waals surface area (Å²) in [7, 11) is 0. The number of aromatic nitrogens is 1. The largest absolute Gasteiger partial charge is 0.478 e. The topological polar surface area (TPSA) is 70.2 Å². The van der Waals surface area contributed by atoms with Gasteiger partial charge in [0.05, 0.1) is 11.1 Å². The number of aromatic amines is 1. The molecule has 0 bridgehead atoms. The maximum Gasteiger partial charge on any atom is 0.338 e. The number of nitrogens with one attached hydrogen (secondary N) is 1. The summed E-state index contributed by atoms with van der Waals surface area (Å²) >= 11 is 0. The van der Waals surface area contributed by atoms with Crippen LogP contribution in [0, 0.1) is 6.92 Å². The van der Waals surface area contributed by atoms with E-state index in [4.69, 9.17) is 5.11 Å². The van der Waals surface area contributed by atoms with Crippen molar-refractivity contribution in [3.63, 3.8) is 0 Å². The molecule has 0 saturated carbocycles. The highest BCUT2D eigenvalue weighted by Crippen LogP contribution is 2.23. The number of carbonyl (C=O) groups excluding carboxylic acids is 1. The molecular weight excluding hydrogens is 194 g/mol. The van der Waals surface area contributed by atoms with Crippen molar-refractivity contribution in [1.29, 1.82) is 0 Å². The zero-order valence-corrected chi connectivity index (χ0v) is 8.07. The van der Waals surface area contributed by atoms with Gasteiger partial charge in [-0.25, -0.2) is 4.79 Å². The Morgan fingerprint density at radius 3 is 2.80 bits per heavy atom. The van der Waals surface area contributed by atoms with Gasteiger partial charge in [-0.2, -0.15) is 0 Å². The number of rotatable bonds is 2. The minimum Gasteiger partial charge on any atom is -0.478 e. The van der Waals surface area contributed by atoms with E-state index in [1.807, 2.05) is 0 Å². The second-order valence-electron chi connectivity index (χ2n) is 3.35. The van der Waals surface area contributed by atoms with Crippen molar-refractivity contribution < 1.29 is 14.7 Å². The summed E-state index contributed by atoms with van der Waals surface area (Å²) in [5.74, 6) is -0.989. The van der Waals surface area contributed by atoms with E-state index in [0.717, 1.165) is 0 Å². The Balaban J connectivity index is 2.88. The minimum absolute atomic E-state index is 0.223. The van der Waals surface area contributed by atoms with Gasteiger partial charge in [0.2, 0.25) is 0 Å². The number of H-pyrrole nitrogens is 1. The Morgan fingerprint density at radius 1 is 1.47 bits per heavy atom. The molecule has 2 N–H and O–H groups in total. The van der Waals surface area contributed by atoms with Crippen LogP contribution in [0.3, 0.4) is 0 Å². The number of carbonyl (C=O) groups is 2. The third-order valence-electron chi connectivity index (χ3n) is 2.44. The third kappa shape index (κ3) is 1.30. The van der Waals surface area contributed by atoms with Crippen LogP contribution in [0.4, 0.5) is 0 Å². The number of carboxylic acid groups (broad SMARTS) is 1. The third-order valence-corrected chi connectivity index (χ3v) is 2.44. The number of fused-ring (bicyclic) bond motifs is 1. The highest BCUT2D eigenvalue weighted by atomic mass is 16.4. The molecule has 15 heavy (non-hydrogen) atoms. The van der Waals surface area contributed by atoms with Gasteiger partial charge in [0.1, 0.15) is 0 Å². The van der Waals surface area contributed by atoms with Crippen LogP contribution in [0.15, 0.2) is 18.3 Å². The summed E-state index contributed by atoms with van der Waals surface area (Å²) in [6.07, 6.45) is 2.23. The molecule has 0 aliphatic carbocycles. The summed E-state index contributed by atoms with van der Waals surface area (Å²) in [6.45, 7) is 1.73. The van der Waals surface area contributed by atoms with Gasteiger partial charge in [-0.05, 0) is 12.5 Å². The first kappa shape index (κ1) is 9.45. The fourth-order valence-electron chi connectivity index (χ4n) is 1.70. The van der Waals surface area contributed by atoms with Gasteiger partial charge >= 0.3 is 5.97 Å². The van der Waals surface area contributed by atoms with E-state index in [2.05, 4.69) is 4.98 Å². The quantitative estimate of drug-likeness (QED) is 0.733. The van der Waals surface area contributed by atoms with E-state index in [-0.39, 0.29) is 5.56 Å². The first-order valence-electron chi connectivity index (χ1n) is 4.44. The van der Waals surface area contributed by atoms with E-state index < -0.39 is 5.97 Å². The summed E-state index contributed by atoms with van der Waals surface area (Å²) in [5.41, 5.74) is 1.88. The smallest absolute Gasteiger partial charge is 0.338 e. The zero-order valence-electron chi connectivity index (χ0n) is 8.07. The lowest BCUT2D eigenvalue weighted by molar-refractivity contribution is 0.0698. The molecule has 0 fully saturated rings. The lowest BCUT2D eigenvalue weighted by Gasteiger charge is -2.01. The van der Waals surface area contributed by atoms with Crippen molar-refractivity contribution in [2.45, 2.75) is 6.92 Å². The van der Waals surface area contributed by atoms with Gasteiger partial charge in [-0.3, -0.25) is 4.79 Å².